The first-order valence-electron chi connectivity index (χ1n) is 8.78. The molecule has 2 N–H and O–H groups in total. The Balaban J connectivity index is 0.00000210. The van der Waals surface area contributed by atoms with Crippen LogP contribution in [-0.2, 0) is 0 Å². The third kappa shape index (κ3) is 3.72. The highest BCUT2D eigenvalue weighted by Crippen LogP contribution is 2.40. The number of nitrogens with zero attached hydrogens (tertiary/aromatic N) is 2. The van der Waals surface area contributed by atoms with Crippen molar-refractivity contribution < 1.29 is 4.39 Å². The van der Waals surface area contributed by atoms with Gasteiger partial charge in [-0.1, -0.05) is 42.5 Å². The highest BCUT2D eigenvalue weighted by atomic mass is 35.5. The van der Waals surface area contributed by atoms with E-state index in [-0.39, 0.29) is 18.2 Å². The van der Waals surface area contributed by atoms with E-state index in [2.05, 4.69) is 17.0 Å². The molecule has 3 nitrogen and oxygen atoms in total. The van der Waals surface area contributed by atoms with Gasteiger partial charge >= 0.3 is 0 Å². The molecule has 1 heterocycles. The van der Waals surface area contributed by atoms with Crippen molar-refractivity contribution in [1.29, 1.82) is 0 Å². The van der Waals surface area contributed by atoms with Crippen molar-refractivity contribution in [3.63, 3.8) is 0 Å². The fourth-order valence-corrected chi connectivity index (χ4v) is 3.35. The lowest BCUT2D eigenvalue weighted by Gasteiger charge is -2.26. The van der Waals surface area contributed by atoms with Crippen molar-refractivity contribution >= 4 is 35.2 Å². The molecule has 0 atom stereocenters. The topological polar surface area (TPSA) is 41.6 Å². The first kappa shape index (κ1) is 19.1. The predicted molar refractivity (Wildman–Crippen MR) is 113 cm³/mol. The molecule has 0 radical (unpaired) electrons. The van der Waals surface area contributed by atoms with Gasteiger partial charge in [0, 0.05) is 17.7 Å². The smallest absolute Gasteiger partial charge is 0.123 e. The normalized spacial score (nSPS) is 12.4. The standard InChI is InChI=1S/C22H20FN3.ClH/c23-17-8-5-7-16(15-17)22-18-9-1-3-11-20(18)26(14-6-13-24)21-12-4-2-10-19(21)25-22;/h1-5,7-12,15H,6,13-14,24H2;1H. The number of aliphatic imine (C=N–C) groups is 1. The fraction of sp³-hybridized carbons (Fsp3) is 0.136. The molecule has 3 aromatic carbocycles. The Labute approximate surface area is 164 Å². The summed E-state index contributed by atoms with van der Waals surface area (Å²) >= 11 is 0. The van der Waals surface area contributed by atoms with Gasteiger partial charge in [-0.2, -0.15) is 0 Å². The van der Waals surface area contributed by atoms with E-state index < -0.39 is 0 Å². The molecule has 0 unspecified atom stereocenters. The number of nitrogens with two attached hydrogens (primary N) is 1. The summed E-state index contributed by atoms with van der Waals surface area (Å²) in [5.74, 6) is -0.264. The lowest BCUT2D eigenvalue weighted by molar-refractivity contribution is 0.627. The van der Waals surface area contributed by atoms with E-state index in [0.717, 1.165) is 46.9 Å². The Bertz CT molecular complexity index is 971. The van der Waals surface area contributed by atoms with E-state index in [9.17, 15) is 4.39 Å². The largest absolute Gasteiger partial charge is 0.339 e. The van der Waals surface area contributed by atoms with Crippen LogP contribution in [-0.4, -0.2) is 18.8 Å². The average Bonchev–Trinajstić information content (AvgIpc) is 2.81. The number of rotatable bonds is 4. The number of para-hydroxylation sites is 3. The molecule has 0 fully saturated rings. The van der Waals surface area contributed by atoms with Crippen molar-refractivity contribution in [1.82, 2.24) is 0 Å². The fourth-order valence-electron chi connectivity index (χ4n) is 3.35. The second kappa shape index (κ2) is 8.33. The molecule has 0 aromatic heterocycles. The van der Waals surface area contributed by atoms with Crippen LogP contribution >= 0.6 is 12.4 Å². The number of halogens is 2. The third-order valence-electron chi connectivity index (χ3n) is 4.54. The molecule has 3 aromatic rings. The minimum absolute atomic E-state index is 0. The highest BCUT2D eigenvalue weighted by molar-refractivity contribution is 6.18. The van der Waals surface area contributed by atoms with Crippen LogP contribution in [0.2, 0.25) is 0 Å². The number of benzene rings is 3. The van der Waals surface area contributed by atoms with E-state index in [1.165, 1.54) is 12.1 Å². The second-order valence-corrected chi connectivity index (χ2v) is 6.27. The molecular weight excluding hydrogens is 361 g/mol. The summed E-state index contributed by atoms with van der Waals surface area (Å²) in [6, 6.07) is 22.8. The maximum Gasteiger partial charge on any atom is 0.123 e. The van der Waals surface area contributed by atoms with Gasteiger partial charge in [0.05, 0.1) is 22.8 Å². The van der Waals surface area contributed by atoms with Gasteiger partial charge in [0.1, 0.15) is 5.82 Å². The zero-order valence-electron chi connectivity index (χ0n) is 14.8. The van der Waals surface area contributed by atoms with Crippen LogP contribution in [0.3, 0.4) is 0 Å². The molecule has 1 aliphatic rings. The van der Waals surface area contributed by atoms with Crippen molar-refractivity contribution in [3.05, 3.63) is 89.7 Å². The molecule has 1 aliphatic heterocycles. The van der Waals surface area contributed by atoms with Crippen LogP contribution in [0, 0.1) is 5.82 Å². The van der Waals surface area contributed by atoms with Gasteiger partial charge in [0.2, 0.25) is 0 Å². The summed E-state index contributed by atoms with van der Waals surface area (Å²) in [6.07, 6.45) is 0.873. The van der Waals surface area contributed by atoms with Crippen LogP contribution in [0.25, 0.3) is 0 Å². The number of hydrogen-bond donors (Lipinski definition) is 1. The minimum Gasteiger partial charge on any atom is -0.339 e. The van der Waals surface area contributed by atoms with Crippen LogP contribution in [0.4, 0.5) is 21.5 Å². The molecule has 0 aliphatic carbocycles. The maximum absolute atomic E-state index is 13.9. The Hall–Kier alpha value is -2.69. The Kier molecular flexibility index (Phi) is 5.89. The molecule has 0 amide bonds. The predicted octanol–water partition coefficient (Wildman–Crippen LogP) is 5.22. The molecule has 0 saturated heterocycles. The van der Waals surface area contributed by atoms with Crippen LogP contribution in [0.1, 0.15) is 17.5 Å². The molecule has 0 saturated carbocycles. The number of hydrogen-bond acceptors (Lipinski definition) is 3. The molecule has 27 heavy (non-hydrogen) atoms. The van der Waals surface area contributed by atoms with E-state index in [0.29, 0.717) is 6.54 Å². The molecular formula is C22H21ClFN3. The monoisotopic (exact) mass is 381 g/mol. The van der Waals surface area contributed by atoms with E-state index >= 15 is 0 Å². The molecule has 138 valence electrons. The van der Waals surface area contributed by atoms with Gasteiger partial charge in [-0.15, -0.1) is 12.4 Å². The number of anilines is 2. The summed E-state index contributed by atoms with van der Waals surface area (Å²) in [5, 5.41) is 0. The van der Waals surface area contributed by atoms with Crippen LogP contribution in [0.5, 0.6) is 0 Å². The van der Waals surface area contributed by atoms with Crippen LogP contribution < -0.4 is 10.6 Å². The summed E-state index contributed by atoms with van der Waals surface area (Å²) in [4.78, 5) is 7.18. The maximum atomic E-state index is 13.9. The lowest BCUT2D eigenvalue weighted by atomic mass is 10.00. The Morgan fingerprint density at radius 1 is 0.889 bits per heavy atom. The van der Waals surface area contributed by atoms with E-state index in [4.69, 9.17) is 10.7 Å². The van der Waals surface area contributed by atoms with Gasteiger partial charge in [-0.25, -0.2) is 9.38 Å². The zero-order chi connectivity index (χ0) is 17.9. The zero-order valence-corrected chi connectivity index (χ0v) is 15.6. The molecule has 5 heteroatoms. The van der Waals surface area contributed by atoms with Gasteiger partial charge in [-0.3, -0.25) is 0 Å². The first-order valence-corrected chi connectivity index (χ1v) is 8.78. The summed E-state index contributed by atoms with van der Waals surface area (Å²) in [7, 11) is 0. The number of fused-ring (bicyclic) bond motifs is 2. The lowest BCUT2D eigenvalue weighted by Crippen LogP contribution is -2.22. The van der Waals surface area contributed by atoms with Crippen molar-refractivity contribution in [2.24, 2.45) is 10.7 Å². The molecule has 0 spiro atoms. The van der Waals surface area contributed by atoms with Gasteiger partial charge in [0.15, 0.2) is 0 Å². The Morgan fingerprint density at radius 3 is 2.41 bits per heavy atom. The van der Waals surface area contributed by atoms with Gasteiger partial charge in [-0.05, 0) is 43.3 Å². The van der Waals surface area contributed by atoms with Crippen molar-refractivity contribution in [2.45, 2.75) is 6.42 Å². The van der Waals surface area contributed by atoms with Crippen molar-refractivity contribution in [2.75, 3.05) is 18.0 Å². The quantitative estimate of drug-likeness (QED) is 0.673. The Morgan fingerprint density at radius 2 is 1.63 bits per heavy atom. The summed E-state index contributed by atoms with van der Waals surface area (Å²) in [5.41, 5.74) is 11.3. The molecule has 4 rings (SSSR count). The van der Waals surface area contributed by atoms with Gasteiger partial charge in [0.25, 0.3) is 0 Å². The SMILES string of the molecule is Cl.NCCCN1c2ccccc2N=C(c2cccc(F)c2)c2ccccc21. The minimum atomic E-state index is -0.264. The van der Waals surface area contributed by atoms with Crippen molar-refractivity contribution in [3.8, 4) is 0 Å². The van der Waals surface area contributed by atoms with Gasteiger partial charge < -0.3 is 10.6 Å². The summed E-state index contributed by atoms with van der Waals surface area (Å²) < 4.78 is 13.9. The first-order chi connectivity index (χ1) is 12.8. The third-order valence-corrected chi connectivity index (χ3v) is 4.54. The molecule has 0 bridgehead atoms. The second-order valence-electron chi connectivity index (χ2n) is 6.27. The van der Waals surface area contributed by atoms with E-state index in [1.807, 2.05) is 42.5 Å². The highest BCUT2D eigenvalue weighted by Gasteiger charge is 2.23. The van der Waals surface area contributed by atoms with Crippen LogP contribution in [0.15, 0.2) is 77.8 Å². The average molecular weight is 382 g/mol. The van der Waals surface area contributed by atoms with E-state index in [1.54, 1.807) is 6.07 Å². The summed E-state index contributed by atoms with van der Waals surface area (Å²) in [6.45, 7) is 1.43.